The smallest absolute Gasteiger partial charge is 0.419 e. The van der Waals surface area contributed by atoms with E-state index in [1.807, 2.05) is 0 Å². The number of aromatic hydroxyl groups is 1. The lowest BCUT2D eigenvalue weighted by Gasteiger charge is -2.45. The van der Waals surface area contributed by atoms with Crippen molar-refractivity contribution in [2.24, 2.45) is 0 Å². The minimum Gasteiger partial charge on any atom is -0.508 e. The number of benzene rings is 2. The van der Waals surface area contributed by atoms with Crippen LogP contribution in [0.1, 0.15) is 42.9 Å². The Morgan fingerprint density at radius 3 is 2.61 bits per heavy atom. The Bertz CT molecular complexity index is 1210. The zero-order valence-electron chi connectivity index (χ0n) is 16.4. The van der Waals surface area contributed by atoms with Gasteiger partial charge >= 0.3 is 6.18 Å². The van der Waals surface area contributed by atoms with E-state index in [4.69, 9.17) is 0 Å². The third-order valence-electron chi connectivity index (χ3n) is 6.00. The number of pyridine rings is 1. The first-order valence-electron chi connectivity index (χ1n) is 9.75. The molecule has 1 heterocycles. The van der Waals surface area contributed by atoms with E-state index < -0.39 is 41.5 Å². The predicted molar refractivity (Wildman–Crippen MR) is 108 cm³/mol. The summed E-state index contributed by atoms with van der Waals surface area (Å²) in [6, 6.07) is 7.12. The van der Waals surface area contributed by atoms with Gasteiger partial charge in [-0.3, -0.25) is 4.79 Å². The van der Waals surface area contributed by atoms with E-state index >= 15 is 0 Å². The largest absolute Gasteiger partial charge is 0.508 e. The molecule has 3 atom stereocenters. The van der Waals surface area contributed by atoms with Gasteiger partial charge in [-0.15, -0.1) is 0 Å². The number of rotatable bonds is 3. The molecule has 0 aliphatic heterocycles. The molecule has 0 fully saturated rings. The first-order valence-corrected chi connectivity index (χ1v) is 9.75. The monoisotopic (exact) mass is 436 g/mol. The predicted octanol–water partition coefficient (Wildman–Crippen LogP) is 4.72. The van der Waals surface area contributed by atoms with Gasteiger partial charge in [0, 0.05) is 17.0 Å². The maximum absolute atomic E-state index is 14.8. The van der Waals surface area contributed by atoms with Crippen molar-refractivity contribution < 1.29 is 27.8 Å². The highest BCUT2D eigenvalue weighted by atomic mass is 19.4. The number of nitrogens with one attached hydrogen (secondary N) is 2. The number of alkyl halides is 3. The molecular formula is C22H20F4N2O3. The Balaban J connectivity index is 1.95. The third-order valence-corrected chi connectivity index (χ3v) is 6.00. The average molecular weight is 436 g/mol. The van der Waals surface area contributed by atoms with Crippen LogP contribution in [0.2, 0.25) is 0 Å². The molecule has 1 unspecified atom stereocenters. The molecule has 164 valence electrons. The maximum atomic E-state index is 14.8. The van der Waals surface area contributed by atoms with Gasteiger partial charge in [0.25, 0.3) is 0 Å². The van der Waals surface area contributed by atoms with Gasteiger partial charge in [0.15, 0.2) is 5.60 Å². The fourth-order valence-corrected chi connectivity index (χ4v) is 4.44. The van der Waals surface area contributed by atoms with E-state index in [2.05, 4.69) is 10.3 Å². The summed E-state index contributed by atoms with van der Waals surface area (Å²) in [5.74, 6) is -1.76. The summed E-state index contributed by atoms with van der Waals surface area (Å²) in [5.41, 5.74) is -3.39. The molecule has 1 aliphatic rings. The molecule has 1 aromatic heterocycles. The van der Waals surface area contributed by atoms with E-state index in [9.17, 15) is 32.6 Å². The van der Waals surface area contributed by atoms with Gasteiger partial charge in [-0.1, -0.05) is 19.1 Å². The molecule has 1 aliphatic carbocycles. The van der Waals surface area contributed by atoms with Crippen LogP contribution in [0.15, 0.2) is 47.3 Å². The summed E-state index contributed by atoms with van der Waals surface area (Å²) >= 11 is 0. The fourth-order valence-electron chi connectivity index (χ4n) is 4.44. The molecule has 3 aromatic rings. The fraction of sp³-hybridized carbons (Fsp3) is 0.318. The van der Waals surface area contributed by atoms with Crippen LogP contribution in [-0.4, -0.2) is 27.0 Å². The second-order valence-electron chi connectivity index (χ2n) is 7.79. The summed E-state index contributed by atoms with van der Waals surface area (Å²) in [6.07, 6.45) is -5.46. The lowest BCUT2D eigenvalue weighted by molar-refractivity contribution is -0.272. The van der Waals surface area contributed by atoms with Crippen molar-refractivity contribution >= 4 is 16.6 Å². The van der Waals surface area contributed by atoms with E-state index in [0.29, 0.717) is 5.56 Å². The SMILES string of the molecule is CC[C@H]1C[C@](O)(C(F)(F)F)C(Nc2c(F)ccc3[nH]c(=O)ccc23)c2cccc(O)c21. The lowest BCUT2D eigenvalue weighted by atomic mass is 9.69. The van der Waals surface area contributed by atoms with Crippen molar-refractivity contribution in [3.63, 3.8) is 0 Å². The first-order chi connectivity index (χ1) is 14.6. The topological polar surface area (TPSA) is 85.4 Å². The van der Waals surface area contributed by atoms with Crippen LogP contribution in [0, 0.1) is 5.82 Å². The van der Waals surface area contributed by atoms with E-state index in [0.717, 1.165) is 12.1 Å². The second-order valence-corrected chi connectivity index (χ2v) is 7.79. The zero-order valence-corrected chi connectivity index (χ0v) is 16.4. The summed E-state index contributed by atoms with van der Waals surface area (Å²) in [6.45, 7) is 1.67. The molecule has 2 aromatic carbocycles. The van der Waals surface area contributed by atoms with Gasteiger partial charge in [0.05, 0.1) is 17.2 Å². The number of aliphatic hydroxyl groups is 1. The highest BCUT2D eigenvalue weighted by molar-refractivity contribution is 5.91. The number of phenols is 1. The van der Waals surface area contributed by atoms with Crippen LogP contribution >= 0.6 is 0 Å². The van der Waals surface area contributed by atoms with Crippen molar-refractivity contribution in [1.82, 2.24) is 4.98 Å². The number of H-pyrrole nitrogens is 1. The molecule has 9 heteroatoms. The first kappa shape index (κ1) is 21.2. The Morgan fingerprint density at radius 2 is 1.94 bits per heavy atom. The van der Waals surface area contributed by atoms with E-state index in [1.54, 1.807) is 6.92 Å². The van der Waals surface area contributed by atoms with Gasteiger partial charge in [-0.25, -0.2) is 4.39 Å². The quantitative estimate of drug-likeness (QED) is 0.448. The van der Waals surface area contributed by atoms with Crippen LogP contribution < -0.4 is 10.9 Å². The standard InChI is InChI=1S/C22H20F4N2O3/c1-2-11-10-21(31,22(24,25)26)20(13-4-3-5-16(29)18(11)13)28-19-12-6-9-17(30)27-15(12)8-7-14(19)23/h3-9,11,20,28-29,31H,2,10H2,1H3,(H,27,30)/t11-,20?,21+/m0/s1. The number of aromatic amines is 1. The minimum atomic E-state index is -5.03. The summed E-state index contributed by atoms with van der Waals surface area (Å²) in [4.78, 5) is 14.1. The van der Waals surface area contributed by atoms with Gasteiger partial charge in [0.1, 0.15) is 11.6 Å². The Morgan fingerprint density at radius 1 is 1.19 bits per heavy atom. The van der Waals surface area contributed by atoms with Crippen LogP contribution in [0.25, 0.3) is 10.9 Å². The lowest BCUT2D eigenvalue weighted by Crippen LogP contribution is -2.55. The molecule has 0 spiro atoms. The summed E-state index contributed by atoms with van der Waals surface area (Å²) < 4.78 is 57.2. The van der Waals surface area contributed by atoms with E-state index in [-0.39, 0.29) is 34.3 Å². The molecule has 0 saturated carbocycles. The number of fused-ring (bicyclic) bond motifs is 2. The number of halogens is 4. The summed E-state index contributed by atoms with van der Waals surface area (Å²) in [7, 11) is 0. The van der Waals surface area contributed by atoms with Gasteiger partial charge < -0.3 is 20.5 Å². The molecule has 0 bridgehead atoms. The van der Waals surface area contributed by atoms with Crippen molar-refractivity contribution in [2.75, 3.05) is 5.32 Å². The zero-order chi connectivity index (χ0) is 22.6. The van der Waals surface area contributed by atoms with Crippen LogP contribution in [0.5, 0.6) is 5.75 Å². The van der Waals surface area contributed by atoms with Gasteiger partial charge in [-0.2, -0.15) is 13.2 Å². The Kier molecular flexibility index (Phi) is 4.96. The van der Waals surface area contributed by atoms with Gasteiger partial charge in [-0.05, 0) is 48.6 Å². The number of hydrogen-bond acceptors (Lipinski definition) is 4. The maximum Gasteiger partial charge on any atom is 0.419 e. The minimum absolute atomic E-state index is 0.0405. The number of anilines is 1. The molecule has 0 radical (unpaired) electrons. The highest BCUT2D eigenvalue weighted by Gasteiger charge is 2.62. The molecule has 0 saturated heterocycles. The highest BCUT2D eigenvalue weighted by Crippen LogP contribution is 2.55. The number of aromatic nitrogens is 1. The van der Waals surface area contributed by atoms with E-state index in [1.165, 1.54) is 30.3 Å². The van der Waals surface area contributed by atoms with Crippen molar-refractivity contribution in [3.8, 4) is 5.75 Å². The van der Waals surface area contributed by atoms with Crippen LogP contribution in [0.4, 0.5) is 23.2 Å². The van der Waals surface area contributed by atoms with Crippen molar-refractivity contribution in [1.29, 1.82) is 0 Å². The molecular weight excluding hydrogens is 416 g/mol. The van der Waals surface area contributed by atoms with Crippen LogP contribution in [-0.2, 0) is 0 Å². The molecule has 31 heavy (non-hydrogen) atoms. The number of hydrogen-bond donors (Lipinski definition) is 4. The average Bonchev–Trinajstić information content (AvgIpc) is 2.70. The number of phenolic OH excluding ortho intramolecular Hbond substituents is 1. The third kappa shape index (κ3) is 3.33. The molecule has 0 amide bonds. The van der Waals surface area contributed by atoms with Crippen LogP contribution in [0.3, 0.4) is 0 Å². The molecule has 4 rings (SSSR count). The van der Waals surface area contributed by atoms with Crippen molar-refractivity contribution in [3.05, 3.63) is 69.8 Å². The Labute approximate surface area is 174 Å². The molecule has 5 nitrogen and oxygen atoms in total. The Hall–Kier alpha value is -3.07. The van der Waals surface area contributed by atoms with Crippen molar-refractivity contribution in [2.45, 2.75) is 43.5 Å². The second kappa shape index (κ2) is 7.26. The van der Waals surface area contributed by atoms with Gasteiger partial charge in [0.2, 0.25) is 5.56 Å². The molecule has 4 N–H and O–H groups in total. The normalized spacial score (nSPS) is 23.5. The summed E-state index contributed by atoms with van der Waals surface area (Å²) in [5, 5.41) is 24.0.